The van der Waals surface area contributed by atoms with E-state index in [9.17, 15) is 9.59 Å². The summed E-state index contributed by atoms with van der Waals surface area (Å²) in [5.74, 6) is 0.189. The summed E-state index contributed by atoms with van der Waals surface area (Å²) in [5, 5.41) is 0. The van der Waals surface area contributed by atoms with Crippen molar-refractivity contribution in [2.45, 2.75) is 57.9 Å². The van der Waals surface area contributed by atoms with Crippen LogP contribution in [0.25, 0.3) is 0 Å². The number of fused-ring (bicyclic) bond motifs is 1. The summed E-state index contributed by atoms with van der Waals surface area (Å²) < 4.78 is 0. The molecule has 1 fully saturated rings. The van der Waals surface area contributed by atoms with E-state index in [1.807, 2.05) is 11.0 Å². The zero-order valence-corrected chi connectivity index (χ0v) is 11.7. The zero-order valence-electron chi connectivity index (χ0n) is 11.7. The topological polar surface area (TPSA) is 37.4 Å². The lowest BCUT2D eigenvalue weighted by molar-refractivity contribution is -0.128. The van der Waals surface area contributed by atoms with E-state index in [1.165, 1.54) is 25.7 Å². The minimum absolute atomic E-state index is 0.0437. The van der Waals surface area contributed by atoms with Crippen LogP contribution in [0.4, 0.5) is 0 Å². The predicted molar refractivity (Wildman–Crippen MR) is 75.7 cm³/mol. The molecule has 2 aliphatic heterocycles. The maximum Gasteiger partial charge on any atom is 0.223 e. The third-order valence-corrected chi connectivity index (χ3v) is 4.02. The molecule has 0 aliphatic carbocycles. The summed E-state index contributed by atoms with van der Waals surface area (Å²) in [6.07, 6.45) is 12.5. The summed E-state index contributed by atoms with van der Waals surface area (Å²) in [6.45, 7) is 2.90. The van der Waals surface area contributed by atoms with Gasteiger partial charge < -0.3 is 4.90 Å². The molecule has 3 nitrogen and oxygen atoms in total. The molecule has 0 N–H and O–H groups in total. The number of hydrogen-bond donors (Lipinski definition) is 0. The molecular weight excluding hydrogens is 238 g/mol. The number of allylic oxidation sites excluding steroid dienone is 1. The van der Waals surface area contributed by atoms with Crippen LogP contribution in [0.2, 0.25) is 0 Å². The van der Waals surface area contributed by atoms with Crippen LogP contribution in [0.5, 0.6) is 0 Å². The van der Waals surface area contributed by atoms with Gasteiger partial charge in [-0.3, -0.25) is 9.59 Å². The lowest BCUT2D eigenvalue weighted by Gasteiger charge is -2.30. The first-order chi connectivity index (χ1) is 9.26. The molecule has 0 unspecified atom stereocenters. The minimum Gasteiger partial charge on any atom is -0.331 e. The molecule has 0 aromatic rings. The molecule has 19 heavy (non-hydrogen) atoms. The molecule has 0 bridgehead atoms. The minimum atomic E-state index is 0.0437. The summed E-state index contributed by atoms with van der Waals surface area (Å²) >= 11 is 0. The van der Waals surface area contributed by atoms with Gasteiger partial charge >= 0.3 is 0 Å². The number of amides is 1. The van der Waals surface area contributed by atoms with Crippen LogP contribution in [0.3, 0.4) is 0 Å². The van der Waals surface area contributed by atoms with Gasteiger partial charge in [0.2, 0.25) is 5.91 Å². The van der Waals surface area contributed by atoms with Crippen LogP contribution in [-0.4, -0.2) is 29.7 Å². The molecule has 3 heteroatoms. The van der Waals surface area contributed by atoms with Crippen molar-refractivity contribution in [3.8, 4) is 0 Å². The molecule has 0 radical (unpaired) electrons. The van der Waals surface area contributed by atoms with Crippen LogP contribution in [0.1, 0.15) is 51.9 Å². The smallest absolute Gasteiger partial charge is 0.223 e. The highest BCUT2D eigenvalue weighted by Gasteiger charge is 2.35. The van der Waals surface area contributed by atoms with Crippen molar-refractivity contribution in [3.63, 3.8) is 0 Å². The second-order valence-corrected chi connectivity index (χ2v) is 5.47. The highest BCUT2D eigenvalue weighted by atomic mass is 16.2. The molecule has 0 aromatic heterocycles. The Kier molecular flexibility index (Phi) is 4.94. The van der Waals surface area contributed by atoms with E-state index in [2.05, 4.69) is 13.0 Å². The maximum absolute atomic E-state index is 11.8. The van der Waals surface area contributed by atoms with Crippen LogP contribution >= 0.6 is 0 Å². The third kappa shape index (κ3) is 3.34. The molecule has 2 heterocycles. The summed E-state index contributed by atoms with van der Waals surface area (Å²) in [5.41, 5.74) is 1.90. The highest BCUT2D eigenvalue weighted by molar-refractivity contribution is 5.85. The molecule has 1 saturated heterocycles. The van der Waals surface area contributed by atoms with Gasteiger partial charge in [0.05, 0.1) is 6.04 Å². The van der Waals surface area contributed by atoms with Gasteiger partial charge in [0.1, 0.15) is 6.29 Å². The summed E-state index contributed by atoms with van der Waals surface area (Å²) in [7, 11) is 0. The molecule has 2 aliphatic rings. The van der Waals surface area contributed by atoms with E-state index in [0.717, 1.165) is 30.3 Å². The summed E-state index contributed by atoms with van der Waals surface area (Å²) in [6, 6.07) is 0.0437. The van der Waals surface area contributed by atoms with Crippen molar-refractivity contribution in [1.29, 1.82) is 0 Å². The highest BCUT2D eigenvalue weighted by Crippen LogP contribution is 2.30. The van der Waals surface area contributed by atoms with Crippen molar-refractivity contribution in [1.82, 2.24) is 4.90 Å². The first kappa shape index (κ1) is 14.0. The van der Waals surface area contributed by atoms with E-state index >= 15 is 0 Å². The number of carbonyl (C=O) groups is 2. The largest absolute Gasteiger partial charge is 0.331 e. The van der Waals surface area contributed by atoms with Crippen molar-refractivity contribution < 1.29 is 9.59 Å². The van der Waals surface area contributed by atoms with Crippen molar-refractivity contribution >= 4 is 12.2 Å². The number of unbranched alkanes of at least 4 members (excludes halogenated alkanes) is 4. The molecule has 104 valence electrons. The Morgan fingerprint density at radius 2 is 2.21 bits per heavy atom. The standard InChI is InChI=1S/C16H23NO2/c1-2-3-4-5-6-7-13-10-14(12-18)15-8-9-16(19)17(15)11-13/h7,10,12,15H,2-6,8-9,11H2,1H3/b13-7+/t15-/m0/s1. The van der Waals surface area contributed by atoms with Crippen molar-refractivity contribution in [2.24, 2.45) is 0 Å². The van der Waals surface area contributed by atoms with Crippen molar-refractivity contribution in [3.05, 3.63) is 23.3 Å². The third-order valence-electron chi connectivity index (χ3n) is 4.02. The molecule has 1 amide bonds. The zero-order chi connectivity index (χ0) is 13.7. The SMILES string of the molecule is CCCCCC/C=C1\C=C(C=O)[C@@H]2CCC(=O)N2C1. The fourth-order valence-corrected chi connectivity index (χ4v) is 2.93. The lowest BCUT2D eigenvalue weighted by atomic mass is 9.97. The van der Waals surface area contributed by atoms with Gasteiger partial charge in [-0.15, -0.1) is 0 Å². The fourth-order valence-electron chi connectivity index (χ4n) is 2.93. The van der Waals surface area contributed by atoms with Gasteiger partial charge in [-0.2, -0.15) is 0 Å². The van der Waals surface area contributed by atoms with E-state index < -0.39 is 0 Å². The van der Waals surface area contributed by atoms with Gasteiger partial charge in [0, 0.05) is 18.5 Å². The van der Waals surface area contributed by atoms with E-state index in [0.29, 0.717) is 13.0 Å². The Labute approximate surface area is 115 Å². The van der Waals surface area contributed by atoms with Crippen LogP contribution < -0.4 is 0 Å². The van der Waals surface area contributed by atoms with Gasteiger partial charge in [-0.05, 0) is 30.9 Å². The van der Waals surface area contributed by atoms with Gasteiger partial charge in [-0.25, -0.2) is 0 Å². The van der Waals surface area contributed by atoms with Gasteiger partial charge in [0.15, 0.2) is 0 Å². The van der Waals surface area contributed by atoms with Gasteiger partial charge in [0.25, 0.3) is 0 Å². The van der Waals surface area contributed by atoms with Crippen LogP contribution in [0.15, 0.2) is 23.3 Å². The first-order valence-electron chi connectivity index (χ1n) is 7.41. The Morgan fingerprint density at radius 3 is 2.95 bits per heavy atom. The Hall–Kier alpha value is -1.38. The van der Waals surface area contributed by atoms with E-state index in [4.69, 9.17) is 0 Å². The fraction of sp³-hybridized carbons (Fsp3) is 0.625. The molecule has 1 atom stereocenters. The number of aldehydes is 1. The number of hydrogen-bond acceptors (Lipinski definition) is 2. The Balaban J connectivity index is 1.98. The maximum atomic E-state index is 11.8. The molecule has 0 saturated carbocycles. The number of carbonyl (C=O) groups excluding carboxylic acids is 2. The van der Waals surface area contributed by atoms with E-state index in [1.54, 1.807) is 0 Å². The van der Waals surface area contributed by atoms with Gasteiger partial charge in [-0.1, -0.05) is 32.3 Å². The number of nitrogens with zero attached hydrogens (tertiary/aromatic N) is 1. The monoisotopic (exact) mass is 261 g/mol. The van der Waals surface area contributed by atoms with Crippen molar-refractivity contribution in [2.75, 3.05) is 6.54 Å². The predicted octanol–water partition coefficient (Wildman–Crippen LogP) is 3.01. The van der Waals surface area contributed by atoms with E-state index in [-0.39, 0.29) is 11.9 Å². The average molecular weight is 261 g/mol. The first-order valence-corrected chi connectivity index (χ1v) is 7.41. The second-order valence-electron chi connectivity index (χ2n) is 5.47. The van der Waals surface area contributed by atoms with Crippen LogP contribution in [-0.2, 0) is 9.59 Å². The molecular formula is C16H23NO2. The average Bonchev–Trinajstić information content (AvgIpc) is 2.80. The quantitative estimate of drug-likeness (QED) is 0.544. The summed E-state index contributed by atoms with van der Waals surface area (Å²) in [4.78, 5) is 24.8. The van der Waals surface area contributed by atoms with Crippen LogP contribution in [0, 0.1) is 0 Å². The molecule has 2 rings (SSSR count). The molecule has 0 spiro atoms. The Bertz CT molecular complexity index is 409. The molecule has 0 aromatic carbocycles. The Morgan fingerprint density at radius 1 is 1.37 bits per heavy atom. The number of rotatable bonds is 6. The lowest BCUT2D eigenvalue weighted by Crippen LogP contribution is -2.39. The second kappa shape index (κ2) is 6.69. The normalized spacial score (nSPS) is 24.6.